The Hall–Kier alpha value is -3.14. The highest BCUT2D eigenvalue weighted by Crippen LogP contribution is 2.28. The Labute approximate surface area is 153 Å². The zero-order valence-corrected chi connectivity index (χ0v) is 15.3. The molecule has 0 N–H and O–H groups in total. The second-order valence-electron chi connectivity index (χ2n) is 5.95. The Bertz CT molecular complexity index is 989. The van der Waals surface area contributed by atoms with Crippen LogP contribution in [-0.2, 0) is 6.42 Å². The smallest absolute Gasteiger partial charge is 0.261 e. The van der Waals surface area contributed by atoms with E-state index in [0.717, 1.165) is 22.4 Å². The molecule has 0 saturated carbocycles. The van der Waals surface area contributed by atoms with Crippen molar-refractivity contribution in [3.05, 3.63) is 81.8 Å². The number of methoxy groups -OCH3 is 1. The summed E-state index contributed by atoms with van der Waals surface area (Å²) in [5.74, 6) is 1.26. The van der Waals surface area contributed by atoms with Gasteiger partial charge in [-0.15, -0.1) is 0 Å². The van der Waals surface area contributed by atoms with Crippen molar-refractivity contribution in [2.24, 2.45) is 0 Å². The van der Waals surface area contributed by atoms with Gasteiger partial charge in [-0.3, -0.25) is 9.36 Å². The zero-order chi connectivity index (χ0) is 18.5. The van der Waals surface area contributed by atoms with Gasteiger partial charge in [-0.1, -0.05) is 49.4 Å². The molecule has 0 aliphatic carbocycles. The van der Waals surface area contributed by atoms with Crippen LogP contribution in [0.2, 0.25) is 0 Å². The van der Waals surface area contributed by atoms with E-state index in [1.807, 2.05) is 74.5 Å². The van der Waals surface area contributed by atoms with Crippen molar-refractivity contribution in [2.45, 2.75) is 20.3 Å². The fraction of sp³-hybridized carbons (Fsp3) is 0.182. The predicted molar refractivity (Wildman–Crippen MR) is 106 cm³/mol. The van der Waals surface area contributed by atoms with Gasteiger partial charge in [0.05, 0.1) is 12.7 Å². The van der Waals surface area contributed by atoms with Crippen LogP contribution in [0.25, 0.3) is 23.7 Å². The molecule has 4 nitrogen and oxygen atoms in total. The van der Waals surface area contributed by atoms with Gasteiger partial charge in [0.25, 0.3) is 5.56 Å². The molecule has 3 rings (SSSR count). The molecule has 1 aromatic heterocycles. The van der Waals surface area contributed by atoms with Gasteiger partial charge in [0.15, 0.2) is 5.82 Å². The van der Waals surface area contributed by atoms with E-state index in [0.29, 0.717) is 18.0 Å². The number of rotatable bonds is 5. The number of aromatic nitrogens is 2. The third kappa shape index (κ3) is 3.45. The van der Waals surface area contributed by atoms with E-state index in [1.54, 1.807) is 17.9 Å². The van der Waals surface area contributed by atoms with E-state index in [2.05, 4.69) is 0 Å². The molecule has 132 valence electrons. The van der Waals surface area contributed by atoms with E-state index in [4.69, 9.17) is 9.72 Å². The van der Waals surface area contributed by atoms with Crippen molar-refractivity contribution in [1.82, 2.24) is 9.55 Å². The first-order valence-electron chi connectivity index (χ1n) is 8.64. The fourth-order valence-electron chi connectivity index (χ4n) is 2.97. The Kier molecular flexibility index (Phi) is 5.32. The quantitative estimate of drug-likeness (QED) is 0.687. The molecular formula is C22H22N2O2. The van der Waals surface area contributed by atoms with Gasteiger partial charge in [-0.25, -0.2) is 4.98 Å². The Morgan fingerprint density at radius 2 is 1.77 bits per heavy atom. The van der Waals surface area contributed by atoms with Crippen LogP contribution in [-0.4, -0.2) is 16.7 Å². The molecule has 0 fully saturated rings. The molecule has 0 aliphatic rings. The van der Waals surface area contributed by atoms with E-state index < -0.39 is 0 Å². The van der Waals surface area contributed by atoms with Gasteiger partial charge in [0.1, 0.15) is 5.75 Å². The molecule has 3 aromatic rings. The summed E-state index contributed by atoms with van der Waals surface area (Å²) in [6.45, 7) is 3.85. The average molecular weight is 346 g/mol. The third-order valence-corrected chi connectivity index (χ3v) is 4.33. The van der Waals surface area contributed by atoms with Crippen LogP contribution in [0.1, 0.15) is 23.7 Å². The first-order chi connectivity index (χ1) is 12.7. The molecule has 0 spiro atoms. The van der Waals surface area contributed by atoms with Crippen LogP contribution in [0.15, 0.2) is 59.4 Å². The minimum absolute atomic E-state index is 0.0481. The summed E-state index contributed by atoms with van der Waals surface area (Å²) in [6, 6.07) is 17.5. The molecule has 4 heteroatoms. The fourth-order valence-corrected chi connectivity index (χ4v) is 2.97. The SMILES string of the molecule is CCc1c(C)nc(-c2ccccc2OC)n(/C=C/c2ccccc2)c1=O. The summed E-state index contributed by atoms with van der Waals surface area (Å²) in [5.41, 5.74) is 3.23. The average Bonchev–Trinajstić information content (AvgIpc) is 2.68. The van der Waals surface area contributed by atoms with Gasteiger partial charge in [-0.05, 0) is 37.1 Å². The Morgan fingerprint density at radius 1 is 1.08 bits per heavy atom. The van der Waals surface area contributed by atoms with Crippen LogP contribution in [0, 0.1) is 6.92 Å². The molecule has 0 radical (unpaired) electrons. The number of benzene rings is 2. The van der Waals surface area contributed by atoms with Crippen molar-refractivity contribution < 1.29 is 4.74 Å². The lowest BCUT2D eigenvalue weighted by Crippen LogP contribution is -2.24. The van der Waals surface area contributed by atoms with Crippen molar-refractivity contribution in [2.75, 3.05) is 7.11 Å². The molecule has 0 bridgehead atoms. The third-order valence-electron chi connectivity index (χ3n) is 4.33. The van der Waals surface area contributed by atoms with Crippen molar-refractivity contribution in [3.8, 4) is 17.1 Å². The molecule has 1 heterocycles. The molecular weight excluding hydrogens is 324 g/mol. The summed E-state index contributed by atoms with van der Waals surface area (Å²) < 4.78 is 7.08. The number of hydrogen-bond donors (Lipinski definition) is 0. The number of para-hydroxylation sites is 1. The monoisotopic (exact) mass is 346 g/mol. The van der Waals surface area contributed by atoms with E-state index in [9.17, 15) is 4.79 Å². The van der Waals surface area contributed by atoms with Gasteiger partial charge in [0, 0.05) is 17.5 Å². The predicted octanol–water partition coefficient (Wildman–Crippen LogP) is 4.42. The van der Waals surface area contributed by atoms with Gasteiger partial charge < -0.3 is 4.74 Å². The second kappa shape index (κ2) is 7.83. The summed E-state index contributed by atoms with van der Waals surface area (Å²) in [5, 5.41) is 0. The maximum Gasteiger partial charge on any atom is 0.261 e. The van der Waals surface area contributed by atoms with Crippen LogP contribution < -0.4 is 10.3 Å². The molecule has 0 saturated heterocycles. The lowest BCUT2D eigenvalue weighted by atomic mass is 10.1. The van der Waals surface area contributed by atoms with Crippen molar-refractivity contribution in [1.29, 1.82) is 0 Å². The van der Waals surface area contributed by atoms with Crippen molar-refractivity contribution in [3.63, 3.8) is 0 Å². The van der Waals surface area contributed by atoms with Gasteiger partial charge in [0.2, 0.25) is 0 Å². The summed E-state index contributed by atoms with van der Waals surface area (Å²) >= 11 is 0. The number of nitrogens with zero attached hydrogens (tertiary/aromatic N) is 2. The lowest BCUT2D eigenvalue weighted by Gasteiger charge is -2.14. The summed E-state index contributed by atoms with van der Waals surface area (Å²) in [4.78, 5) is 17.8. The standard InChI is InChI=1S/C22H22N2O2/c1-4-18-16(2)23-21(19-12-8-9-13-20(19)26-3)24(22(18)25)15-14-17-10-6-5-7-11-17/h5-15H,4H2,1-3H3/b15-14+. The number of hydrogen-bond acceptors (Lipinski definition) is 3. The van der Waals surface area contributed by atoms with E-state index in [1.165, 1.54) is 0 Å². The maximum absolute atomic E-state index is 13.1. The molecule has 2 aromatic carbocycles. The van der Waals surface area contributed by atoms with Crippen LogP contribution >= 0.6 is 0 Å². The molecule has 0 amide bonds. The molecule has 26 heavy (non-hydrogen) atoms. The van der Waals surface area contributed by atoms with E-state index in [-0.39, 0.29) is 5.56 Å². The van der Waals surface area contributed by atoms with Crippen LogP contribution in [0.3, 0.4) is 0 Å². The highest BCUT2D eigenvalue weighted by atomic mass is 16.5. The Morgan fingerprint density at radius 3 is 2.46 bits per heavy atom. The van der Waals surface area contributed by atoms with Gasteiger partial charge >= 0.3 is 0 Å². The van der Waals surface area contributed by atoms with Crippen molar-refractivity contribution >= 4 is 12.3 Å². The summed E-state index contributed by atoms with van der Waals surface area (Å²) in [6.07, 6.45) is 4.34. The summed E-state index contributed by atoms with van der Waals surface area (Å²) in [7, 11) is 1.62. The minimum atomic E-state index is -0.0481. The highest BCUT2D eigenvalue weighted by molar-refractivity contribution is 5.69. The largest absolute Gasteiger partial charge is 0.496 e. The zero-order valence-electron chi connectivity index (χ0n) is 15.3. The van der Waals surface area contributed by atoms with Crippen LogP contribution in [0.4, 0.5) is 0 Å². The molecule has 0 aliphatic heterocycles. The minimum Gasteiger partial charge on any atom is -0.496 e. The maximum atomic E-state index is 13.1. The first-order valence-corrected chi connectivity index (χ1v) is 8.64. The normalized spacial score (nSPS) is 11.0. The highest BCUT2D eigenvalue weighted by Gasteiger charge is 2.16. The van der Waals surface area contributed by atoms with Gasteiger partial charge in [-0.2, -0.15) is 0 Å². The Balaban J connectivity index is 2.24. The topological polar surface area (TPSA) is 44.1 Å². The number of ether oxygens (including phenoxy) is 1. The number of aryl methyl sites for hydroxylation is 1. The lowest BCUT2D eigenvalue weighted by molar-refractivity contribution is 0.416. The van der Waals surface area contributed by atoms with E-state index >= 15 is 0 Å². The molecule has 0 atom stereocenters. The van der Waals surface area contributed by atoms with Crippen LogP contribution in [0.5, 0.6) is 5.75 Å². The molecule has 0 unspecified atom stereocenters. The second-order valence-corrected chi connectivity index (χ2v) is 5.95. The first kappa shape index (κ1) is 17.7.